The van der Waals surface area contributed by atoms with Crippen molar-refractivity contribution in [1.82, 2.24) is 19.5 Å². The molecule has 3 aliphatic rings. The van der Waals surface area contributed by atoms with Crippen LogP contribution in [0.5, 0.6) is 0 Å². The van der Waals surface area contributed by atoms with Crippen LogP contribution < -0.4 is 4.90 Å². The summed E-state index contributed by atoms with van der Waals surface area (Å²) in [7, 11) is 0. The number of anilines is 1. The van der Waals surface area contributed by atoms with E-state index < -0.39 is 6.17 Å². The third-order valence-electron chi connectivity index (χ3n) is 5.40. The molecule has 1 aliphatic carbocycles. The second-order valence-electron chi connectivity index (χ2n) is 6.93. The first-order valence-electron chi connectivity index (χ1n) is 8.33. The molecule has 3 fully saturated rings. The zero-order valence-corrected chi connectivity index (χ0v) is 14.6. The van der Waals surface area contributed by atoms with Crippen LogP contribution in [0.2, 0.25) is 0 Å². The van der Waals surface area contributed by atoms with E-state index in [1.807, 2.05) is 21.5 Å². The highest BCUT2D eigenvalue weighted by Gasteiger charge is 2.51. The molecule has 5 rings (SSSR count). The van der Waals surface area contributed by atoms with E-state index in [0.29, 0.717) is 6.42 Å². The molecule has 2 aromatic rings. The molecule has 4 heterocycles. The topological polar surface area (TPSA) is 53.7 Å². The van der Waals surface area contributed by atoms with Crippen molar-refractivity contribution in [2.45, 2.75) is 37.5 Å². The standard InChI is InChI=1S/C16H17BrFN5O/c17-13-6-14-19-4-3-15(23(14)20-13)21-7-9-1-2-10(8-21)22(9)16(24)11-5-12(11)18/h3-4,6,9-12H,1-2,5,7-8H2/t9?,10?,11-,12-/m1/s1. The number of amides is 1. The molecule has 0 spiro atoms. The Morgan fingerprint density at radius 3 is 2.67 bits per heavy atom. The molecule has 24 heavy (non-hydrogen) atoms. The predicted molar refractivity (Wildman–Crippen MR) is 89.6 cm³/mol. The van der Waals surface area contributed by atoms with E-state index in [-0.39, 0.29) is 23.9 Å². The zero-order valence-electron chi connectivity index (χ0n) is 13.0. The highest BCUT2D eigenvalue weighted by molar-refractivity contribution is 9.10. The Hall–Kier alpha value is -1.70. The van der Waals surface area contributed by atoms with Gasteiger partial charge >= 0.3 is 0 Å². The van der Waals surface area contributed by atoms with Crippen LogP contribution in [0.1, 0.15) is 19.3 Å². The molecule has 0 N–H and O–H groups in total. The lowest BCUT2D eigenvalue weighted by atomic mass is 10.1. The highest BCUT2D eigenvalue weighted by atomic mass is 79.9. The minimum atomic E-state index is -0.920. The van der Waals surface area contributed by atoms with E-state index in [1.165, 1.54) is 0 Å². The number of alkyl halides is 1. The average molecular weight is 394 g/mol. The number of fused-ring (bicyclic) bond motifs is 3. The van der Waals surface area contributed by atoms with Crippen molar-refractivity contribution in [2.75, 3.05) is 18.0 Å². The lowest BCUT2D eigenvalue weighted by molar-refractivity contribution is -0.136. The van der Waals surface area contributed by atoms with Gasteiger partial charge < -0.3 is 9.80 Å². The molecule has 2 bridgehead atoms. The van der Waals surface area contributed by atoms with Crippen molar-refractivity contribution in [2.24, 2.45) is 5.92 Å². The van der Waals surface area contributed by atoms with Crippen LogP contribution in [-0.4, -0.2) is 56.8 Å². The van der Waals surface area contributed by atoms with Crippen molar-refractivity contribution in [3.05, 3.63) is 22.9 Å². The molecule has 2 unspecified atom stereocenters. The van der Waals surface area contributed by atoms with Crippen molar-refractivity contribution in [3.8, 4) is 0 Å². The van der Waals surface area contributed by atoms with E-state index in [9.17, 15) is 9.18 Å². The van der Waals surface area contributed by atoms with Crippen LogP contribution in [0.4, 0.5) is 10.2 Å². The van der Waals surface area contributed by atoms with Gasteiger partial charge in [0.1, 0.15) is 16.6 Å². The second-order valence-corrected chi connectivity index (χ2v) is 7.75. The zero-order chi connectivity index (χ0) is 16.4. The van der Waals surface area contributed by atoms with E-state index in [0.717, 1.165) is 42.0 Å². The molecular formula is C16H17BrFN5O. The number of piperazine rings is 1. The van der Waals surface area contributed by atoms with E-state index in [2.05, 4.69) is 30.9 Å². The van der Waals surface area contributed by atoms with Gasteiger partial charge in [0.25, 0.3) is 0 Å². The van der Waals surface area contributed by atoms with Crippen molar-refractivity contribution in [3.63, 3.8) is 0 Å². The minimum absolute atomic E-state index is 0.0244. The van der Waals surface area contributed by atoms with Gasteiger partial charge in [0.2, 0.25) is 5.91 Å². The Labute approximate surface area is 146 Å². The smallest absolute Gasteiger partial charge is 0.229 e. The fourth-order valence-electron chi connectivity index (χ4n) is 4.16. The lowest BCUT2D eigenvalue weighted by Crippen LogP contribution is -2.56. The summed E-state index contributed by atoms with van der Waals surface area (Å²) in [6.45, 7) is 1.53. The summed E-state index contributed by atoms with van der Waals surface area (Å²) >= 11 is 3.40. The molecule has 2 saturated heterocycles. The Kier molecular flexibility index (Phi) is 3.14. The Balaban J connectivity index is 1.43. The fraction of sp³-hybridized carbons (Fsp3) is 0.562. The number of aromatic nitrogens is 3. The van der Waals surface area contributed by atoms with Gasteiger partial charge in [0.15, 0.2) is 5.65 Å². The van der Waals surface area contributed by atoms with Crippen molar-refractivity contribution in [1.29, 1.82) is 0 Å². The lowest BCUT2D eigenvalue weighted by Gasteiger charge is -2.42. The summed E-state index contributed by atoms with van der Waals surface area (Å²) in [5.41, 5.74) is 0.795. The highest BCUT2D eigenvalue weighted by Crippen LogP contribution is 2.40. The normalized spacial score (nSPS) is 31.8. The quantitative estimate of drug-likeness (QED) is 0.783. The predicted octanol–water partition coefficient (Wildman–Crippen LogP) is 2.03. The number of carbonyl (C=O) groups is 1. The Bertz CT molecular complexity index is 812. The number of carbonyl (C=O) groups excluding carboxylic acids is 1. The van der Waals surface area contributed by atoms with Crippen LogP contribution in [-0.2, 0) is 4.79 Å². The summed E-state index contributed by atoms with van der Waals surface area (Å²) in [6, 6.07) is 4.19. The first kappa shape index (κ1) is 14.6. The molecule has 0 aromatic carbocycles. The van der Waals surface area contributed by atoms with E-state index in [1.54, 1.807) is 6.20 Å². The summed E-state index contributed by atoms with van der Waals surface area (Å²) < 4.78 is 15.9. The molecule has 1 saturated carbocycles. The molecule has 8 heteroatoms. The number of halogens is 2. The fourth-order valence-corrected chi connectivity index (χ4v) is 4.52. The van der Waals surface area contributed by atoms with Crippen LogP contribution in [0.25, 0.3) is 5.65 Å². The molecule has 4 atom stereocenters. The first-order valence-corrected chi connectivity index (χ1v) is 9.12. The third-order valence-corrected chi connectivity index (χ3v) is 5.79. The molecule has 1 amide bonds. The monoisotopic (exact) mass is 393 g/mol. The molecule has 6 nitrogen and oxygen atoms in total. The number of hydrogen-bond donors (Lipinski definition) is 0. The second kappa shape index (κ2) is 5.15. The van der Waals surface area contributed by atoms with E-state index >= 15 is 0 Å². The summed E-state index contributed by atoms with van der Waals surface area (Å²) in [6.07, 6.45) is 3.26. The molecular weight excluding hydrogens is 377 g/mol. The maximum absolute atomic E-state index is 13.3. The van der Waals surface area contributed by atoms with Crippen LogP contribution in [0.15, 0.2) is 22.9 Å². The van der Waals surface area contributed by atoms with Gasteiger partial charge in [-0.1, -0.05) is 0 Å². The number of hydrogen-bond acceptors (Lipinski definition) is 4. The van der Waals surface area contributed by atoms with Gasteiger partial charge in [-0.25, -0.2) is 9.37 Å². The largest absolute Gasteiger partial charge is 0.352 e. The van der Waals surface area contributed by atoms with Gasteiger partial charge in [-0.2, -0.15) is 9.61 Å². The van der Waals surface area contributed by atoms with Gasteiger partial charge in [-0.15, -0.1) is 0 Å². The van der Waals surface area contributed by atoms with Crippen molar-refractivity contribution >= 4 is 33.3 Å². The van der Waals surface area contributed by atoms with Crippen LogP contribution in [0, 0.1) is 5.92 Å². The average Bonchev–Trinajstić information content (AvgIpc) is 3.07. The summed E-state index contributed by atoms with van der Waals surface area (Å²) in [5, 5.41) is 4.46. The van der Waals surface area contributed by atoms with Gasteiger partial charge in [0.05, 0.1) is 5.92 Å². The van der Waals surface area contributed by atoms with Crippen molar-refractivity contribution < 1.29 is 9.18 Å². The SMILES string of the molecule is O=C([C@@H]1C[C@H]1F)N1C2CCC1CN(c1ccnc3cc(Br)nn13)C2. The molecule has 0 radical (unpaired) electrons. The Morgan fingerprint density at radius 2 is 2.00 bits per heavy atom. The molecule has 126 valence electrons. The van der Waals surface area contributed by atoms with Crippen LogP contribution >= 0.6 is 15.9 Å². The first-order chi connectivity index (χ1) is 11.6. The van der Waals surface area contributed by atoms with Gasteiger partial charge in [-0.3, -0.25) is 4.79 Å². The number of nitrogens with zero attached hydrogens (tertiary/aromatic N) is 5. The molecule has 2 aliphatic heterocycles. The molecule has 2 aromatic heterocycles. The summed E-state index contributed by atoms with van der Waals surface area (Å²) in [5.74, 6) is 0.634. The maximum Gasteiger partial charge on any atom is 0.229 e. The van der Waals surface area contributed by atoms with Gasteiger partial charge in [-0.05, 0) is 41.3 Å². The van der Waals surface area contributed by atoms with Crippen LogP contribution in [0.3, 0.4) is 0 Å². The summed E-state index contributed by atoms with van der Waals surface area (Å²) in [4.78, 5) is 21.1. The van der Waals surface area contributed by atoms with E-state index in [4.69, 9.17) is 0 Å². The third kappa shape index (κ3) is 2.15. The maximum atomic E-state index is 13.3. The van der Waals surface area contributed by atoms with Gasteiger partial charge in [0, 0.05) is 37.4 Å². The number of rotatable bonds is 2. The Morgan fingerprint density at radius 1 is 1.29 bits per heavy atom. The minimum Gasteiger partial charge on any atom is -0.352 e.